The Bertz CT molecular complexity index is 1670. The summed E-state index contributed by atoms with van der Waals surface area (Å²) < 4.78 is 16.7. The molecule has 0 aromatic carbocycles. The van der Waals surface area contributed by atoms with Crippen molar-refractivity contribution in [2.75, 3.05) is 13.2 Å². The van der Waals surface area contributed by atoms with Crippen molar-refractivity contribution in [1.29, 1.82) is 0 Å². The molecule has 6 nitrogen and oxygen atoms in total. The second kappa shape index (κ2) is 56.4. The third kappa shape index (κ3) is 53.7. The molecule has 0 fully saturated rings. The van der Waals surface area contributed by atoms with Crippen molar-refractivity contribution < 1.29 is 28.6 Å². The summed E-state index contributed by atoms with van der Waals surface area (Å²) in [5.74, 6) is -1.07. The monoisotopic (exact) mass is 961 g/mol. The molecular formula is C64H96O6. The lowest BCUT2D eigenvalue weighted by Gasteiger charge is -2.18. The van der Waals surface area contributed by atoms with E-state index in [1.165, 1.54) is 0 Å². The third-order valence-electron chi connectivity index (χ3n) is 10.4. The van der Waals surface area contributed by atoms with Crippen LogP contribution in [0.5, 0.6) is 0 Å². The van der Waals surface area contributed by atoms with Crippen LogP contribution in [0.15, 0.2) is 170 Å². The number of hydrogen-bond donors (Lipinski definition) is 0. The topological polar surface area (TPSA) is 78.9 Å². The largest absolute Gasteiger partial charge is 0.462 e. The minimum absolute atomic E-state index is 0.137. The van der Waals surface area contributed by atoms with Crippen LogP contribution in [0.25, 0.3) is 0 Å². The van der Waals surface area contributed by atoms with E-state index >= 15 is 0 Å². The Morgan fingerprint density at radius 3 is 0.814 bits per heavy atom. The van der Waals surface area contributed by atoms with Crippen LogP contribution in [0.1, 0.15) is 194 Å². The third-order valence-corrected chi connectivity index (χ3v) is 10.4. The SMILES string of the molecule is CC/C=C\C/C=C\C/C=C\C/C=C\C/C=C\CCCCCC(=O)OCC(COC(=O)CCCCC/C=C\C/C=C\C/C=C\C/C=C\CC)OC(=O)CCC/C=C\C/C=C\C/C=C\C/C=C\C/C=C\CC. The van der Waals surface area contributed by atoms with Gasteiger partial charge in [-0.3, -0.25) is 14.4 Å². The van der Waals surface area contributed by atoms with E-state index in [0.29, 0.717) is 19.3 Å². The molecule has 1 unspecified atom stereocenters. The Kier molecular flexibility index (Phi) is 52.1. The van der Waals surface area contributed by atoms with Gasteiger partial charge < -0.3 is 14.2 Å². The maximum absolute atomic E-state index is 12.8. The van der Waals surface area contributed by atoms with E-state index < -0.39 is 12.1 Å². The van der Waals surface area contributed by atoms with Gasteiger partial charge in [0, 0.05) is 19.3 Å². The highest BCUT2D eigenvalue weighted by Gasteiger charge is 2.19. The van der Waals surface area contributed by atoms with Crippen molar-refractivity contribution in [1.82, 2.24) is 0 Å². The minimum atomic E-state index is -0.845. The normalized spacial score (nSPS) is 13.5. The molecular weight excluding hydrogens is 865 g/mol. The van der Waals surface area contributed by atoms with Gasteiger partial charge >= 0.3 is 17.9 Å². The van der Waals surface area contributed by atoms with Crippen LogP contribution in [0.2, 0.25) is 0 Å². The molecule has 0 aromatic rings. The first-order valence-electron chi connectivity index (χ1n) is 27.1. The van der Waals surface area contributed by atoms with E-state index in [2.05, 4.69) is 191 Å². The number of carbonyl (C=O) groups is 3. The van der Waals surface area contributed by atoms with Gasteiger partial charge in [0.1, 0.15) is 13.2 Å². The number of carbonyl (C=O) groups excluding carboxylic acids is 3. The number of allylic oxidation sites excluding steroid dienone is 28. The molecule has 0 heterocycles. The van der Waals surface area contributed by atoms with Crippen LogP contribution in [-0.2, 0) is 28.6 Å². The highest BCUT2D eigenvalue weighted by molar-refractivity contribution is 5.71. The molecule has 0 rings (SSSR count). The number of hydrogen-bond acceptors (Lipinski definition) is 6. The van der Waals surface area contributed by atoms with Gasteiger partial charge in [0.05, 0.1) is 0 Å². The van der Waals surface area contributed by atoms with Crippen LogP contribution in [0.4, 0.5) is 0 Å². The molecule has 0 spiro atoms. The summed E-state index contributed by atoms with van der Waals surface area (Å²) in [4.78, 5) is 38.1. The van der Waals surface area contributed by atoms with Gasteiger partial charge in [-0.05, 0) is 141 Å². The van der Waals surface area contributed by atoms with Crippen LogP contribution in [0.3, 0.4) is 0 Å². The second-order valence-electron chi connectivity index (χ2n) is 17.0. The molecule has 0 aromatic heterocycles. The first-order chi connectivity index (χ1) is 34.5. The van der Waals surface area contributed by atoms with Crippen molar-refractivity contribution in [3.05, 3.63) is 170 Å². The molecule has 0 aliphatic carbocycles. The van der Waals surface area contributed by atoms with E-state index in [-0.39, 0.29) is 31.6 Å². The molecule has 388 valence electrons. The average molecular weight is 961 g/mol. The summed E-state index contributed by atoms with van der Waals surface area (Å²) in [5, 5.41) is 0. The van der Waals surface area contributed by atoms with Crippen molar-refractivity contribution in [3.8, 4) is 0 Å². The lowest BCUT2D eigenvalue weighted by molar-refractivity contribution is -0.167. The van der Waals surface area contributed by atoms with E-state index in [9.17, 15) is 14.4 Å². The van der Waals surface area contributed by atoms with E-state index in [1.807, 2.05) is 0 Å². The zero-order chi connectivity index (χ0) is 50.7. The van der Waals surface area contributed by atoms with E-state index in [4.69, 9.17) is 14.2 Å². The Balaban J connectivity index is 4.64. The fraction of sp³-hybridized carbons (Fsp3) is 0.516. The molecule has 0 saturated carbocycles. The predicted octanol–water partition coefficient (Wildman–Crippen LogP) is 18.4. The highest BCUT2D eigenvalue weighted by atomic mass is 16.6. The number of unbranched alkanes of at least 4 members (excludes halogenated alkanes) is 7. The van der Waals surface area contributed by atoms with Gasteiger partial charge in [0.15, 0.2) is 6.10 Å². The van der Waals surface area contributed by atoms with E-state index in [1.54, 1.807) is 0 Å². The summed E-state index contributed by atoms with van der Waals surface area (Å²) in [5.41, 5.74) is 0. The summed E-state index contributed by atoms with van der Waals surface area (Å²) in [7, 11) is 0. The zero-order valence-corrected chi connectivity index (χ0v) is 44.2. The van der Waals surface area contributed by atoms with Gasteiger partial charge in [-0.25, -0.2) is 0 Å². The Labute approximate surface area is 428 Å². The van der Waals surface area contributed by atoms with Crippen LogP contribution >= 0.6 is 0 Å². The van der Waals surface area contributed by atoms with E-state index in [0.717, 1.165) is 148 Å². The molecule has 0 amide bonds. The quantitative estimate of drug-likeness (QED) is 0.0262. The summed E-state index contributed by atoms with van der Waals surface area (Å²) in [6, 6.07) is 0. The van der Waals surface area contributed by atoms with Crippen molar-refractivity contribution >= 4 is 17.9 Å². The lowest BCUT2D eigenvalue weighted by Crippen LogP contribution is -2.30. The fourth-order valence-corrected chi connectivity index (χ4v) is 6.49. The smallest absolute Gasteiger partial charge is 0.306 e. The second-order valence-corrected chi connectivity index (χ2v) is 17.0. The van der Waals surface area contributed by atoms with Crippen LogP contribution < -0.4 is 0 Å². The molecule has 0 aliphatic heterocycles. The molecule has 70 heavy (non-hydrogen) atoms. The molecule has 0 radical (unpaired) electrons. The first-order valence-corrected chi connectivity index (χ1v) is 27.1. The molecule has 1 atom stereocenters. The van der Waals surface area contributed by atoms with Crippen molar-refractivity contribution in [2.24, 2.45) is 0 Å². The van der Waals surface area contributed by atoms with Gasteiger partial charge in [0.25, 0.3) is 0 Å². The summed E-state index contributed by atoms with van der Waals surface area (Å²) in [6.45, 7) is 6.16. The average Bonchev–Trinajstić information content (AvgIpc) is 3.36. The van der Waals surface area contributed by atoms with Gasteiger partial charge in [0.2, 0.25) is 0 Å². The minimum Gasteiger partial charge on any atom is -0.462 e. The summed E-state index contributed by atoms with van der Waals surface area (Å²) >= 11 is 0. The van der Waals surface area contributed by atoms with Crippen molar-refractivity contribution in [2.45, 2.75) is 200 Å². The van der Waals surface area contributed by atoms with Crippen LogP contribution in [0, 0.1) is 0 Å². The maximum Gasteiger partial charge on any atom is 0.306 e. The van der Waals surface area contributed by atoms with Gasteiger partial charge in [-0.2, -0.15) is 0 Å². The zero-order valence-electron chi connectivity index (χ0n) is 44.2. The molecule has 0 saturated heterocycles. The lowest BCUT2D eigenvalue weighted by atomic mass is 10.1. The fourth-order valence-electron chi connectivity index (χ4n) is 6.49. The predicted molar refractivity (Wildman–Crippen MR) is 301 cm³/mol. The van der Waals surface area contributed by atoms with Gasteiger partial charge in [-0.15, -0.1) is 0 Å². The standard InChI is InChI=1S/C64H96O6/c1-4-7-10-13-16-19-22-25-28-31-32-34-36-39-42-45-48-51-54-57-63(66)69-60-61(59-68-62(65)56-53-50-47-44-41-38-35-30-27-24-21-18-15-12-9-6-3)70-64(67)58-55-52-49-46-43-40-37-33-29-26-23-20-17-14-11-8-5-2/h7-12,16-21,25-30,32,34,37-42,46,49,61H,4-6,13-15,22-24,31,33,35-36,43-45,47-48,50-60H2,1-3H3/b10-7-,11-8-,12-9-,19-16-,20-17-,21-18-,28-25-,29-26-,30-27-,34-32-,40-37-,41-38-,42-39-,49-46-. The first kappa shape index (κ1) is 64.8. The Morgan fingerprint density at radius 1 is 0.286 bits per heavy atom. The summed E-state index contributed by atoms with van der Waals surface area (Å²) in [6.07, 6.45) is 83.4. The van der Waals surface area contributed by atoms with Crippen LogP contribution in [-0.4, -0.2) is 37.2 Å². The Hall–Kier alpha value is -5.23. The number of rotatable bonds is 46. The van der Waals surface area contributed by atoms with Gasteiger partial charge in [-0.1, -0.05) is 204 Å². The molecule has 0 aliphatic rings. The highest BCUT2D eigenvalue weighted by Crippen LogP contribution is 2.10. The number of ether oxygens (including phenoxy) is 3. The molecule has 6 heteroatoms. The number of esters is 3. The van der Waals surface area contributed by atoms with Crippen molar-refractivity contribution in [3.63, 3.8) is 0 Å². The molecule has 0 N–H and O–H groups in total. The maximum atomic E-state index is 12.8. The molecule has 0 bridgehead atoms. The Morgan fingerprint density at radius 2 is 0.529 bits per heavy atom.